The predicted octanol–water partition coefficient (Wildman–Crippen LogP) is 1.90. The second-order valence-electron chi connectivity index (χ2n) is 3.98. The van der Waals surface area contributed by atoms with Crippen LogP contribution in [0.1, 0.15) is 18.1 Å². The van der Waals surface area contributed by atoms with Crippen molar-refractivity contribution in [2.75, 3.05) is 13.7 Å². The third kappa shape index (κ3) is 3.74. The Hall–Kier alpha value is -1.55. The number of ketones is 1. The van der Waals surface area contributed by atoms with Crippen molar-refractivity contribution in [3.8, 4) is 5.75 Å². The quantitative estimate of drug-likeness (QED) is 0.831. The molecule has 98 valence electrons. The first-order valence-corrected chi connectivity index (χ1v) is 5.95. The first kappa shape index (κ1) is 14.5. The molecule has 0 unspecified atom stereocenters. The second-order valence-corrected chi connectivity index (χ2v) is 4.38. The van der Waals surface area contributed by atoms with E-state index < -0.39 is 11.7 Å². The van der Waals surface area contributed by atoms with Crippen LogP contribution in [-0.2, 0) is 16.0 Å². The van der Waals surface area contributed by atoms with Gasteiger partial charge in [-0.3, -0.25) is 9.59 Å². The van der Waals surface area contributed by atoms with Gasteiger partial charge in [-0.1, -0.05) is 11.6 Å². The summed E-state index contributed by atoms with van der Waals surface area (Å²) in [5.74, 6) is -0.419. The molecule has 0 aliphatic rings. The van der Waals surface area contributed by atoms with E-state index in [9.17, 15) is 9.59 Å². The number of benzene rings is 1. The van der Waals surface area contributed by atoms with E-state index in [1.165, 1.54) is 6.92 Å². The van der Waals surface area contributed by atoms with Gasteiger partial charge in [-0.25, -0.2) is 0 Å². The predicted molar refractivity (Wildman–Crippen MR) is 70.1 cm³/mol. The first-order chi connectivity index (χ1) is 8.45. The fourth-order valence-corrected chi connectivity index (χ4v) is 1.82. The fourth-order valence-electron chi connectivity index (χ4n) is 1.56. The smallest absolute Gasteiger partial charge is 0.287 e. The van der Waals surface area contributed by atoms with E-state index in [1.54, 1.807) is 7.11 Å². The topological polar surface area (TPSA) is 55.4 Å². The Morgan fingerprint density at radius 1 is 1.39 bits per heavy atom. The number of methoxy groups -OCH3 is 1. The van der Waals surface area contributed by atoms with Crippen molar-refractivity contribution < 1.29 is 14.3 Å². The van der Waals surface area contributed by atoms with Gasteiger partial charge in [-0.15, -0.1) is 0 Å². The molecular formula is C13H16ClNO3. The lowest BCUT2D eigenvalue weighted by Gasteiger charge is -2.10. The third-order valence-electron chi connectivity index (χ3n) is 2.61. The van der Waals surface area contributed by atoms with Gasteiger partial charge in [-0.05, 0) is 36.6 Å². The number of nitrogens with one attached hydrogen (secondary N) is 1. The standard InChI is InChI=1S/C13H16ClNO3/c1-8-6-12(18-3)11(14)7-10(8)4-5-15-13(17)9(2)16/h6-7H,4-5H2,1-3H3,(H,15,17). The zero-order chi connectivity index (χ0) is 13.7. The number of carbonyl (C=O) groups excluding carboxylic acids is 2. The second kappa shape index (κ2) is 6.40. The van der Waals surface area contributed by atoms with Crippen LogP contribution in [0.3, 0.4) is 0 Å². The van der Waals surface area contributed by atoms with E-state index >= 15 is 0 Å². The monoisotopic (exact) mass is 269 g/mol. The van der Waals surface area contributed by atoms with E-state index in [4.69, 9.17) is 16.3 Å². The molecular weight excluding hydrogens is 254 g/mol. The number of hydrogen-bond acceptors (Lipinski definition) is 3. The Labute approximate surface area is 111 Å². The van der Waals surface area contributed by atoms with Gasteiger partial charge >= 0.3 is 0 Å². The van der Waals surface area contributed by atoms with Gasteiger partial charge in [0.15, 0.2) is 0 Å². The number of hydrogen-bond donors (Lipinski definition) is 1. The number of halogens is 1. The van der Waals surface area contributed by atoms with Gasteiger partial charge in [0.05, 0.1) is 12.1 Å². The molecule has 1 amide bonds. The van der Waals surface area contributed by atoms with Gasteiger partial charge in [0.2, 0.25) is 5.78 Å². The average molecular weight is 270 g/mol. The molecule has 0 fully saturated rings. The molecule has 5 heteroatoms. The molecule has 0 spiro atoms. The summed E-state index contributed by atoms with van der Waals surface area (Å²) in [6.45, 7) is 3.59. The molecule has 0 aromatic heterocycles. The molecule has 1 rings (SSSR count). The van der Waals surface area contributed by atoms with E-state index in [-0.39, 0.29) is 0 Å². The highest BCUT2D eigenvalue weighted by molar-refractivity contribution is 6.35. The van der Waals surface area contributed by atoms with Crippen molar-refractivity contribution in [3.63, 3.8) is 0 Å². The summed E-state index contributed by atoms with van der Waals surface area (Å²) in [4.78, 5) is 21.8. The minimum Gasteiger partial charge on any atom is -0.495 e. The first-order valence-electron chi connectivity index (χ1n) is 5.57. The molecule has 0 aliphatic heterocycles. The summed E-state index contributed by atoms with van der Waals surface area (Å²) < 4.78 is 5.11. The Kier molecular flexibility index (Phi) is 5.16. The van der Waals surface area contributed by atoms with E-state index in [1.807, 2.05) is 19.1 Å². The highest BCUT2D eigenvalue weighted by Crippen LogP contribution is 2.27. The minimum atomic E-state index is -0.563. The van der Waals surface area contributed by atoms with Crippen molar-refractivity contribution in [1.82, 2.24) is 5.32 Å². The van der Waals surface area contributed by atoms with Gasteiger partial charge in [0.25, 0.3) is 5.91 Å². The summed E-state index contributed by atoms with van der Waals surface area (Å²) in [5, 5.41) is 3.08. The van der Waals surface area contributed by atoms with Gasteiger partial charge < -0.3 is 10.1 Å². The molecule has 0 bridgehead atoms. The molecule has 1 aromatic rings. The van der Waals surface area contributed by atoms with Crippen LogP contribution in [0.5, 0.6) is 5.75 Å². The Balaban J connectivity index is 2.66. The van der Waals surface area contributed by atoms with Crippen LogP contribution in [0.15, 0.2) is 12.1 Å². The lowest BCUT2D eigenvalue weighted by Crippen LogP contribution is -2.30. The van der Waals surface area contributed by atoms with Crippen LogP contribution < -0.4 is 10.1 Å². The van der Waals surface area contributed by atoms with E-state index in [0.29, 0.717) is 23.7 Å². The van der Waals surface area contributed by atoms with Crippen molar-refractivity contribution in [2.24, 2.45) is 0 Å². The number of Topliss-reactive ketones (excluding diaryl/α,β-unsaturated/α-hetero) is 1. The molecule has 4 nitrogen and oxygen atoms in total. The van der Waals surface area contributed by atoms with Crippen LogP contribution in [-0.4, -0.2) is 25.3 Å². The van der Waals surface area contributed by atoms with E-state index in [0.717, 1.165) is 11.1 Å². The van der Waals surface area contributed by atoms with Crippen LogP contribution in [0.2, 0.25) is 5.02 Å². The molecule has 0 radical (unpaired) electrons. The molecule has 0 atom stereocenters. The summed E-state index contributed by atoms with van der Waals surface area (Å²) in [7, 11) is 1.56. The van der Waals surface area contributed by atoms with Gasteiger partial charge in [0.1, 0.15) is 5.75 Å². The highest BCUT2D eigenvalue weighted by atomic mass is 35.5. The van der Waals surface area contributed by atoms with Crippen molar-refractivity contribution in [1.29, 1.82) is 0 Å². The maximum absolute atomic E-state index is 11.1. The van der Waals surface area contributed by atoms with Crippen molar-refractivity contribution >= 4 is 23.3 Å². The lowest BCUT2D eigenvalue weighted by molar-refractivity contribution is -0.136. The number of amides is 1. The summed E-state index contributed by atoms with van der Waals surface area (Å²) in [5.41, 5.74) is 2.05. The van der Waals surface area contributed by atoms with Crippen LogP contribution in [0, 0.1) is 6.92 Å². The lowest BCUT2D eigenvalue weighted by atomic mass is 10.1. The molecule has 1 N–H and O–H groups in total. The normalized spacial score (nSPS) is 10.0. The molecule has 0 heterocycles. The molecule has 18 heavy (non-hydrogen) atoms. The van der Waals surface area contributed by atoms with Gasteiger partial charge in [-0.2, -0.15) is 0 Å². The third-order valence-corrected chi connectivity index (χ3v) is 2.91. The largest absolute Gasteiger partial charge is 0.495 e. The maximum Gasteiger partial charge on any atom is 0.287 e. The summed E-state index contributed by atoms with van der Waals surface area (Å²) in [6.07, 6.45) is 0.620. The molecule has 1 aromatic carbocycles. The highest BCUT2D eigenvalue weighted by Gasteiger charge is 2.08. The Morgan fingerprint density at radius 2 is 2.06 bits per heavy atom. The fraction of sp³-hybridized carbons (Fsp3) is 0.385. The van der Waals surface area contributed by atoms with Crippen molar-refractivity contribution in [3.05, 3.63) is 28.3 Å². The van der Waals surface area contributed by atoms with E-state index in [2.05, 4.69) is 5.32 Å². The number of ether oxygens (including phenoxy) is 1. The average Bonchev–Trinajstić information content (AvgIpc) is 2.32. The van der Waals surface area contributed by atoms with Gasteiger partial charge in [0, 0.05) is 13.5 Å². The number of rotatable bonds is 5. The SMILES string of the molecule is COc1cc(C)c(CCNC(=O)C(C)=O)cc1Cl. The van der Waals surface area contributed by atoms with Crippen LogP contribution >= 0.6 is 11.6 Å². The number of carbonyl (C=O) groups is 2. The van der Waals surface area contributed by atoms with Crippen LogP contribution in [0.4, 0.5) is 0 Å². The minimum absolute atomic E-state index is 0.405. The molecule has 0 saturated heterocycles. The Morgan fingerprint density at radius 3 is 2.61 bits per heavy atom. The maximum atomic E-state index is 11.1. The zero-order valence-corrected chi connectivity index (χ0v) is 11.4. The number of aryl methyl sites for hydroxylation is 1. The molecule has 0 aliphatic carbocycles. The summed E-state index contributed by atoms with van der Waals surface area (Å²) in [6, 6.07) is 3.67. The summed E-state index contributed by atoms with van der Waals surface area (Å²) >= 11 is 6.03. The molecule has 0 saturated carbocycles. The zero-order valence-electron chi connectivity index (χ0n) is 10.7. The van der Waals surface area contributed by atoms with Crippen LogP contribution in [0.25, 0.3) is 0 Å². The Bertz CT molecular complexity index is 472. The van der Waals surface area contributed by atoms with Crippen molar-refractivity contribution in [2.45, 2.75) is 20.3 Å².